The molecule has 1 atom stereocenters. The number of anilines is 1. The molecule has 0 aromatic carbocycles. The summed E-state index contributed by atoms with van der Waals surface area (Å²) in [5.74, 6) is 0.347. The first-order valence-corrected chi connectivity index (χ1v) is 7.58. The van der Waals surface area contributed by atoms with Crippen molar-refractivity contribution in [3.63, 3.8) is 0 Å². The molecule has 1 aliphatic heterocycles. The zero-order valence-corrected chi connectivity index (χ0v) is 13.3. The van der Waals surface area contributed by atoms with Crippen LogP contribution < -0.4 is 4.90 Å². The van der Waals surface area contributed by atoms with Crippen molar-refractivity contribution in [3.8, 4) is 11.8 Å². The molecule has 1 fully saturated rings. The first kappa shape index (κ1) is 14.4. The van der Waals surface area contributed by atoms with E-state index in [1.807, 2.05) is 19.3 Å². The number of rotatable bonds is 2. The van der Waals surface area contributed by atoms with E-state index in [-0.39, 0.29) is 5.91 Å². The summed E-state index contributed by atoms with van der Waals surface area (Å²) in [5.41, 5.74) is 0.590. The van der Waals surface area contributed by atoms with Crippen molar-refractivity contribution in [2.45, 2.75) is 13.3 Å². The van der Waals surface area contributed by atoms with Gasteiger partial charge in [0.1, 0.15) is 11.1 Å². The Hall–Kier alpha value is -3.21. The van der Waals surface area contributed by atoms with Crippen LogP contribution in [-0.2, 0) is 11.8 Å². The van der Waals surface area contributed by atoms with Gasteiger partial charge in [0, 0.05) is 25.2 Å². The highest BCUT2D eigenvalue weighted by Gasteiger charge is 2.45. The summed E-state index contributed by atoms with van der Waals surface area (Å²) < 4.78 is 3.41. The topological polar surface area (TPSA) is 92.6 Å². The number of fused-ring (bicyclic) bond motifs is 1. The number of nitriles is 1. The zero-order chi connectivity index (χ0) is 16.9. The summed E-state index contributed by atoms with van der Waals surface area (Å²) in [6, 6.07) is 3.96. The van der Waals surface area contributed by atoms with Gasteiger partial charge in [-0.1, -0.05) is 0 Å². The molecule has 0 N–H and O–H groups in total. The number of amides is 1. The standard InChI is InChI=1S/C16H15N7O/c1-16(10-17)4-6-22(15(16)24)14-12-3-5-18-8-13(12)23(20-14)11-7-19-21(2)9-11/h3,5,7-9H,4,6H2,1-2H3/t16-/m1/s1. The predicted molar refractivity (Wildman–Crippen MR) is 86.3 cm³/mol. The summed E-state index contributed by atoms with van der Waals surface area (Å²) in [6.45, 7) is 2.15. The van der Waals surface area contributed by atoms with Gasteiger partial charge in [0.25, 0.3) is 0 Å². The predicted octanol–water partition coefficient (Wildman–Crippen LogP) is 1.42. The van der Waals surface area contributed by atoms with E-state index in [4.69, 9.17) is 0 Å². The third kappa shape index (κ3) is 1.91. The molecule has 1 aliphatic rings. The summed E-state index contributed by atoms with van der Waals surface area (Å²) in [7, 11) is 1.83. The fourth-order valence-corrected chi connectivity index (χ4v) is 3.01. The second-order valence-corrected chi connectivity index (χ2v) is 6.15. The minimum atomic E-state index is -0.989. The van der Waals surface area contributed by atoms with Crippen molar-refractivity contribution in [2.75, 3.05) is 11.4 Å². The van der Waals surface area contributed by atoms with E-state index in [1.165, 1.54) is 0 Å². The molecule has 24 heavy (non-hydrogen) atoms. The molecular formula is C16H15N7O. The van der Waals surface area contributed by atoms with Gasteiger partial charge in [0.15, 0.2) is 5.82 Å². The van der Waals surface area contributed by atoms with Crippen LogP contribution >= 0.6 is 0 Å². The Labute approximate surface area is 137 Å². The maximum atomic E-state index is 12.7. The second kappa shape index (κ2) is 4.89. The maximum Gasteiger partial charge on any atom is 0.248 e. The van der Waals surface area contributed by atoms with Crippen molar-refractivity contribution in [1.82, 2.24) is 24.5 Å². The van der Waals surface area contributed by atoms with E-state index in [9.17, 15) is 10.1 Å². The van der Waals surface area contributed by atoms with Crippen LogP contribution in [0.25, 0.3) is 16.6 Å². The van der Waals surface area contributed by atoms with Crippen molar-refractivity contribution >= 4 is 22.6 Å². The number of nitrogens with zero attached hydrogens (tertiary/aromatic N) is 7. The lowest BCUT2D eigenvalue weighted by Crippen LogP contribution is -2.32. The van der Waals surface area contributed by atoms with Crippen LogP contribution in [0.4, 0.5) is 5.82 Å². The lowest BCUT2D eigenvalue weighted by molar-refractivity contribution is -0.122. The minimum absolute atomic E-state index is 0.209. The van der Waals surface area contributed by atoms with Gasteiger partial charge in [-0.25, -0.2) is 4.68 Å². The Balaban J connectivity index is 1.89. The quantitative estimate of drug-likeness (QED) is 0.711. The summed E-state index contributed by atoms with van der Waals surface area (Å²) in [5, 5.41) is 18.9. The highest BCUT2D eigenvalue weighted by molar-refractivity contribution is 6.06. The van der Waals surface area contributed by atoms with Gasteiger partial charge in [-0.3, -0.25) is 19.4 Å². The number of carbonyl (C=O) groups excluding carboxylic acids is 1. The van der Waals surface area contributed by atoms with E-state index in [0.29, 0.717) is 18.8 Å². The Kier molecular flexibility index (Phi) is 2.93. The minimum Gasteiger partial charge on any atom is -0.293 e. The zero-order valence-electron chi connectivity index (χ0n) is 13.3. The highest BCUT2D eigenvalue weighted by Crippen LogP contribution is 2.37. The van der Waals surface area contributed by atoms with Crippen LogP contribution in [-0.4, -0.2) is 37.0 Å². The molecule has 0 saturated carbocycles. The van der Waals surface area contributed by atoms with Crippen LogP contribution in [0.2, 0.25) is 0 Å². The van der Waals surface area contributed by atoms with Gasteiger partial charge in [-0.15, -0.1) is 5.10 Å². The Bertz CT molecular complexity index is 995. The van der Waals surface area contributed by atoms with Crippen molar-refractivity contribution in [3.05, 3.63) is 30.9 Å². The average Bonchev–Trinajstić information content (AvgIpc) is 3.25. The molecule has 3 aromatic rings. The Morgan fingerprint density at radius 2 is 2.21 bits per heavy atom. The molecule has 8 heteroatoms. The fourth-order valence-electron chi connectivity index (χ4n) is 3.01. The molecule has 0 bridgehead atoms. The molecule has 4 heterocycles. The molecule has 0 spiro atoms. The van der Waals surface area contributed by atoms with Gasteiger partial charge in [0.2, 0.25) is 5.91 Å². The van der Waals surface area contributed by atoms with E-state index in [0.717, 1.165) is 16.6 Å². The monoisotopic (exact) mass is 321 g/mol. The van der Waals surface area contributed by atoms with E-state index in [2.05, 4.69) is 21.3 Å². The Morgan fingerprint density at radius 1 is 1.38 bits per heavy atom. The Morgan fingerprint density at radius 3 is 2.88 bits per heavy atom. The van der Waals surface area contributed by atoms with Crippen LogP contribution in [0.3, 0.4) is 0 Å². The summed E-state index contributed by atoms with van der Waals surface area (Å²) >= 11 is 0. The molecule has 120 valence electrons. The number of hydrogen-bond donors (Lipinski definition) is 0. The highest BCUT2D eigenvalue weighted by atomic mass is 16.2. The number of pyridine rings is 1. The number of carbonyl (C=O) groups is 1. The second-order valence-electron chi connectivity index (χ2n) is 6.15. The van der Waals surface area contributed by atoms with Crippen LogP contribution in [0, 0.1) is 16.7 Å². The molecule has 1 saturated heterocycles. The number of aryl methyl sites for hydroxylation is 1. The number of aromatic nitrogens is 5. The third-order valence-electron chi connectivity index (χ3n) is 4.45. The van der Waals surface area contributed by atoms with Gasteiger partial charge in [0.05, 0.1) is 30.2 Å². The SMILES string of the molecule is Cn1cc(-n2nc(N3CC[C@](C)(C#N)C3=O)c3ccncc32)cn1. The van der Waals surface area contributed by atoms with Crippen LogP contribution in [0.5, 0.6) is 0 Å². The first-order chi connectivity index (χ1) is 11.5. The molecule has 4 rings (SSSR count). The van der Waals surface area contributed by atoms with Crippen molar-refractivity contribution in [2.24, 2.45) is 12.5 Å². The van der Waals surface area contributed by atoms with Gasteiger partial charge < -0.3 is 0 Å². The number of hydrogen-bond acceptors (Lipinski definition) is 5. The first-order valence-electron chi connectivity index (χ1n) is 7.58. The molecule has 3 aromatic heterocycles. The van der Waals surface area contributed by atoms with Crippen molar-refractivity contribution < 1.29 is 4.79 Å². The fraction of sp³-hybridized carbons (Fsp3) is 0.312. The van der Waals surface area contributed by atoms with Crippen molar-refractivity contribution in [1.29, 1.82) is 5.26 Å². The normalized spacial score (nSPS) is 20.7. The molecular weight excluding hydrogens is 306 g/mol. The van der Waals surface area contributed by atoms with Crippen LogP contribution in [0.15, 0.2) is 30.9 Å². The molecule has 1 amide bonds. The maximum absolute atomic E-state index is 12.7. The molecule has 0 radical (unpaired) electrons. The lowest BCUT2D eigenvalue weighted by Gasteiger charge is -2.15. The van der Waals surface area contributed by atoms with E-state index < -0.39 is 5.41 Å². The molecule has 0 aliphatic carbocycles. The smallest absolute Gasteiger partial charge is 0.248 e. The average molecular weight is 321 g/mol. The molecule has 0 unspecified atom stereocenters. The third-order valence-corrected chi connectivity index (χ3v) is 4.45. The largest absolute Gasteiger partial charge is 0.293 e. The van der Waals surface area contributed by atoms with Crippen LogP contribution in [0.1, 0.15) is 13.3 Å². The lowest BCUT2D eigenvalue weighted by atomic mass is 9.91. The summed E-state index contributed by atoms with van der Waals surface area (Å²) in [4.78, 5) is 18.4. The van der Waals surface area contributed by atoms with Gasteiger partial charge >= 0.3 is 0 Å². The van der Waals surface area contributed by atoms with E-state index in [1.54, 1.807) is 39.8 Å². The van der Waals surface area contributed by atoms with E-state index >= 15 is 0 Å². The molecule has 8 nitrogen and oxygen atoms in total. The van der Waals surface area contributed by atoms with Gasteiger partial charge in [-0.2, -0.15) is 10.4 Å². The van der Waals surface area contributed by atoms with Gasteiger partial charge in [-0.05, 0) is 19.4 Å². The summed E-state index contributed by atoms with van der Waals surface area (Å²) in [6.07, 6.45) is 7.42.